The first-order valence-corrected chi connectivity index (χ1v) is 28.3. The van der Waals surface area contributed by atoms with Crippen molar-refractivity contribution in [2.75, 3.05) is 72.3 Å². The predicted octanol–water partition coefficient (Wildman–Crippen LogP) is 5.10. The highest BCUT2D eigenvalue weighted by Crippen LogP contribution is 2.42. The molecule has 23 heteroatoms. The molecule has 4 amide bonds. The number of aliphatic hydroxyl groups is 2. The van der Waals surface area contributed by atoms with Crippen LogP contribution in [0.1, 0.15) is 73.8 Å². The molecule has 6 N–H and O–H groups in total. The van der Waals surface area contributed by atoms with E-state index >= 15 is 0 Å². The van der Waals surface area contributed by atoms with E-state index in [2.05, 4.69) is 31.0 Å². The Balaban J connectivity index is 0.606. The third-order valence-electron chi connectivity index (χ3n) is 15.1. The van der Waals surface area contributed by atoms with Crippen LogP contribution in [0.5, 0.6) is 0 Å². The van der Waals surface area contributed by atoms with Crippen LogP contribution in [0.4, 0.5) is 0 Å². The average Bonchev–Trinajstić information content (AvgIpc) is 3.66. The van der Waals surface area contributed by atoms with E-state index < -0.39 is 12.2 Å². The molecule has 1 atom stereocenters. The van der Waals surface area contributed by atoms with Gasteiger partial charge in [0.15, 0.2) is 5.52 Å². The minimum atomic E-state index is -1.16. The Morgan fingerprint density at radius 2 is 1.57 bits per heavy atom. The molecule has 0 aliphatic carbocycles. The van der Waals surface area contributed by atoms with E-state index in [4.69, 9.17) is 37.8 Å². The maximum atomic E-state index is 13.7. The van der Waals surface area contributed by atoms with E-state index in [-0.39, 0.29) is 79.8 Å². The quantitative estimate of drug-likeness (QED) is 0.0387. The Hall–Kier alpha value is -6.98. The molecule has 0 unspecified atom stereocenters. The number of fused-ring (bicyclic) bond motifs is 4. The maximum absolute atomic E-state index is 13.7. The topological polar surface area (TPSA) is 256 Å². The molecule has 6 heterocycles. The number of carbonyl (C=O) groups excluding carboxylic acids is 4. The summed E-state index contributed by atoms with van der Waals surface area (Å²) in [5, 5.41) is 41.1. The van der Waals surface area contributed by atoms with Crippen molar-refractivity contribution in [3.63, 3.8) is 0 Å². The minimum absolute atomic E-state index is 0.0602. The Morgan fingerprint density at radius 3 is 2.28 bits per heavy atom. The Labute approximate surface area is 478 Å². The lowest BCUT2D eigenvalue weighted by Crippen LogP contribution is -2.49. The molecule has 0 radical (unpaired) electrons. The van der Waals surface area contributed by atoms with Crippen molar-refractivity contribution >= 4 is 68.8 Å². The van der Waals surface area contributed by atoms with Crippen LogP contribution in [0.3, 0.4) is 0 Å². The van der Waals surface area contributed by atoms with Gasteiger partial charge in [0.25, 0.3) is 5.56 Å². The molecule has 81 heavy (non-hydrogen) atoms. The highest BCUT2D eigenvalue weighted by Gasteiger charge is 2.36. The summed E-state index contributed by atoms with van der Waals surface area (Å²) in [6.45, 7) is 6.86. The number of nitrogens with one attached hydrogen (secondary N) is 4. The number of aromatic amines is 1. The number of hydrogen-bond acceptors (Lipinski definition) is 13. The number of H-pyrrole nitrogens is 1. The van der Waals surface area contributed by atoms with Crippen molar-refractivity contribution in [3.05, 3.63) is 122 Å². The second-order valence-corrected chi connectivity index (χ2v) is 21.6. The van der Waals surface area contributed by atoms with Crippen LogP contribution >= 0.6 is 23.2 Å². The number of likely N-dealkylation sites (tertiary alicyclic amines) is 1. The Morgan fingerprint density at radius 1 is 0.852 bits per heavy atom. The number of hydrogen-bond donors (Lipinski definition) is 6. The summed E-state index contributed by atoms with van der Waals surface area (Å²) in [5.74, 6) is -0.451. The molecular formula is C58H70Cl2N12O9. The van der Waals surface area contributed by atoms with Crippen molar-refractivity contribution in [2.24, 2.45) is 7.05 Å². The minimum Gasteiger partial charge on any atom is -0.388 e. The number of amides is 4. The van der Waals surface area contributed by atoms with Crippen LogP contribution in [0.15, 0.2) is 84.0 Å². The molecular weight excluding hydrogens is 1080 g/mol. The number of rotatable bonds is 26. The van der Waals surface area contributed by atoms with Crippen molar-refractivity contribution in [1.29, 1.82) is 0 Å². The molecule has 0 saturated carbocycles. The zero-order valence-corrected chi connectivity index (χ0v) is 47.2. The van der Waals surface area contributed by atoms with Crippen LogP contribution in [0, 0.1) is 0 Å². The molecule has 3 aromatic carbocycles. The van der Waals surface area contributed by atoms with Gasteiger partial charge in [0, 0.05) is 113 Å². The summed E-state index contributed by atoms with van der Waals surface area (Å²) in [4.78, 5) is 75.5. The van der Waals surface area contributed by atoms with Gasteiger partial charge in [0.05, 0.1) is 78.4 Å². The number of benzene rings is 3. The van der Waals surface area contributed by atoms with Gasteiger partial charge in [0.2, 0.25) is 23.6 Å². The van der Waals surface area contributed by atoms with Crippen molar-refractivity contribution < 1.29 is 38.9 Å². The molecule has 1 fully saturated rings. The van der Waals surface area contributed by atoms with Crippen molar-refractivity contribution in [2.45, 2.75) is 89.6 Å². The van der Waals surface area contributed by atoms with Gasteiger partial charge < -0.3 is 50.4 Å². The fourth-order valence-corrected chi connectivity index (χ4v) is 10.9. The number of carbonyl (C=O) groups is 4. The predicted molar refractivity (Wildman–Crippen MR) is 307 cm³/mol. The number of piperidine rings is 1. The smallest absolute Gasteiger partial charge is 0.281 e. The molecule has 0 spiro atoms. The van der Waals surface area contributed by atoms with Crippen LogP contribution < -0.4 is 21.5 Å². The number of aromatic nitrogens is 7. The lowest BCUT2D eigenvalue weighted by atomic mass is 9.90. The normalized spacial score (nSPS) is 14.6. The fraction of sp³-hybridized carbons (Fsp3) is 0.448. The SMILES string of the molecule is C[C@H](CC(=O)N1CCC(O)(Cn2cnc3c(-c4ccc(CNCCCNC(=O)CCOCCOCCC(=O)NCCn5ccc(-c6cc(Cl)c(Cl)c7[nH]c8c(c67)CN(C(=O)CO)CC8)n5)cc4)n(C)nc3c2=O)CC1)c1ccccc1. The number of nitrogens with zero attached hydrogens (tertiary/aromatic N) is 8. The van der Waals surface area contributed by atoms with Crippen LogP contribution in [0.2, 0.25) is 10.0 Å². The summed E-state index contributed by atoms with van der Waals surface area (Å²) in [5.41, 5.74) is 6.95. The monoisotopic (exact) mass is 1150 g/mol. The van der Waals surface area contributed by atoms with Gasteiger partial charge in [-0.2, -0.15) is 10.2 Å². The molecule has 4 aromatic heterocycles. The Kier molecular flexibility index (Phi) is 19.7. The lowest BCUT2D eigenvalue weighted by molar-refractivity contribution is -0.136. The molecule has 7 aromatic rings. The largest absolute Gasteiger partial charge is 0.388 e. The highest BCUT2D eigenvalue weighted by atomic mass is 35.5. The summed E-state index contributed by atoms with van der Waals surface area (Å²) in [7, 11) is 1.78. The van der Waals surface area contributed by atoms with Crippen molar-refractivity contribution in [1.82, 2.24) is 59.8 Å². The molecule has 21 nitrogen and oxygen atoms in total. The Bertz CT molecular complexity index is 3390. The molecule has 0 bridgehead atoms. The second-order valence-electron chi connectivity index (χ2n) is 20.9. The van der Waals surface area contributed by atoms with Gasteiger partial charge in [0.1, 0.15) is 12.1 Å². The summed E-state index contributed by atoms with van der Waals surface area (Å²) in [6, 6.07) is 21.6. The summed E-state index contributed by atoms with van der Waals surface area (Å²) < 4.78 is 15.9. The summed E-state index contributed by atoms with van der Waals surface area (Å²) in [6.07, 6.45) is 6.12. The van der Waals surface area contributed by atoms with Gasteiger partial charge in [-0.3, -0.25) is 37.9 Å². The molecule has 9 rings (SSSR count). The number of aryl methyl sites for hydroxylation is 1. The molecule has 430 valence electrons. The molecule has 2 aliphatic rings. The molecule has 1 saturated heterocycles. The van der Waals surface area contributed by atoms with Gasteiger partial charge in [-0.1, -0.05) is 84.7 Å². The van der Waals surface area contributed by atoms with E-state index in [1.54, 1.807) is 27.4 Å². The van der Waals surface area contributed by atoms with E-state index in [9.17, 15) is 34.2 Å². The van der Waals surface area contributed by atoms with Gasteiger partial charge >= 0.3 is 0 Å². The van der Waals surface area contributed by atoms with Crippen molar-refractivity contribution in [3.8, 4) is 22.5 Å². The first kappa shape index (κ1) is 58.7. The fourth-order valence-electron chi connectivity index (χ4n) is 10.5. The van der Waals surface area contributed by atoms with Crippen LogP contribution in [-0.2, 0) is 68.3 Å². The van der Waals surface area contributed by atoms with Gasteiger partial charge in [-0.05, 0) is 55.0 Å². The summed E-state index contributed by atoms with van der Waals surface area (Å²) >= 11 is 13.2. The first-order chi connectivity index (χ1) is 39.2. The number of aliphatic hydroxyl groups excluding tert-OH is 1. The van der Waals surface area contributed by atoms with E-state index in [1.165, 1.54) is 10.9 Å². The third-order valence-corrected chi connectivity index (χ3v) is 15.9. The van der Waals surface area contributed by atoms with E-state index in [0.717, 1.165) is 45.3 Å². The average molecular weight is 1150 g/mol. The van der Waals surface area contributed by atoms with E-state index in [0.29, 0.717) is 124 Å². The standard InChI is InChI=1S/C58H70Cl2N12O9/c1-38(40-7-4-3-5-8-40)31-49(76)69-24-17-58(79,18-25-69)36-71-37-64-54-55(57(71)78)67-68(2)56(54)41-11-9-39(10-12-41)33-61-19-6-20-62-47(74)15-27-80-29-30-81-28-16-48(75)63-21-26-72-23-14-46(66-72)42-32-44(59)52(60)53-51(42)43-34-70(50(77)35-73)22-13-45(43)65-53/h3-5,7-12,14,23,32,37-38,61,65,73,79H,6,13,15-22,24-31,33-36H2,1-2H3,(H,62,74)(H,63,75)/t38-/m1/s1. The lowest BCUT2D eigenvalue weighted by Gasteiger charge is -2.38. The van der Waals surface area contributed by atoms with Crippen LogP contribution in [-0.4, -0.2) is 156 Å². The van der Waals surface area contributed by atoms with Crippen LogP contribution in [0.25, 0.3) is 44.5 Å². The number of halogens is 2. The van der Waals surface area contributed by atoms with Gasteiger partial charge in [-0.25, -0.2) is 4.98 Å². The highest BCUT2D eigenvalue weighted by molar-refractivity contribution is 6.45. The van der Waals surface area contributed by atoms with Gasteiger partial charge in [-0.15, -0.1) is 0 Å². The third kappa shape index (κ3) is 14.6. The second kappa shape index (κ2) is 27.2. The zero-order valence-electron chi connectivity index (χ0n) is 45.7. The maximum Gasteiger partial charge on any atom is 0.281 e. The zero-order chi connectivity index (χ0) is 57.0. The number of ether oxygens (including phenoxy) is 2. The van der Waals surface area contributed by atoms with E-state index in [1.807, 2.05) is 78.7 Å². The molecule has 2 aliphatic heterocycles. The first-order valence-electron chi connectivity index (χ1n) is 27.6.